The molecule has 4 heteroatoms. The van der Waals surface area contributed by atoms with Gasteiger partial charge in [-0.25, -0.2) is 4.79 Å². The van der Waals surface area contributed by atoms with Gasteiger partial charge in [0.15, 0.2) is 0 Å². The van der Waals surface area contributed by atoms with Gasteiger partial charge in [-0.3, -0.25) is 0 Å². The Bertz CT molecular complexity index is 417. The largest absolute Gasteiger partial charge is 0.449 e. The molecule has 0 fully saturated rings. The third-order valence-corrected chi connectivity index (χ3v) is 9.07. The Morgan fingerprint density at radius 2 is 1.61 bits per heavy atom. The number of carbonyl (C=O) groups excluding carboxylic acids is 1. The molecule has 0 rings (SSSR count). The summed E-state index contributed by atoms with van der Waals surface area (Å²) in [5.74, 6) is 3.34. The van der Waals surface area contributed by atoms with Gasteiger partial charge in [0, 0.05) is 18.5 Å². The maximum Gasteiger partial charge on any atom is 0.410 e. The van der Waals surface area contributed by atoms with Gasteiger partial charge in [0.25, 0.3) is 0 Å². The third-order valence-electron chi connectivity index (χ3n) is 4.52. The monoisotopic (exact) mass is 339 g/mol. The van der Waals surface area contributed by atoms with Crippen molar-refractivity contribution in [2.24, 2.45) is 0 Å². The van der Waals surface area contributed by atoms with Crippen LogP contribution in [0.1, 0.15) is 67.7 Å². The molecule has 3 nitrogen and oxygen atoms in total. The molecule has 0 aliphatic rings. The number of rotatable bonds is 6. The van der Waals surface area contributed by atoms with Gasteiger partial charge in [-0.1, -0.05) is 33.9 Å². The topological polar surface area (TPSA) is 29.5 Å². The van der Waals surface area contributed by atoms with Gasteiger partial charge in [0.2, 0.25) is 0 Å². The van der Waals surface area contributed by atoms with Crippen LogP contribution in [0, 0.1) is 11.5 Å². The van der Waals surface area contributed by atoms with Gasteiger partial charge in [-0.05, 0) is 45.6 Å². The minimum Gasteiger partial charge on any atom is -0.449 e. The average Bonchev–Trinajstić information content (AvgIpc) is 2.35. The lowest BCUT2D eigenvalue weighted by molar-refractivity contribution is 0.0781. The van der Waals surface area contributed by atoms with Crippen molar-refractivity contribution in [2.45, 2.75) is 97.9 Å². The first-order valence-electron chi connectivity index (χ1n) is 8.85. The third kappa shape index (κ3) is 7.92. The van der Waals surface area contributed by atoms with Crippen LogP contribution < -0.4 is 0 Å². The van der Waals surface area contributed by atoms with Crippen LogP contribution in [0.4, 0.5) is 4.79 Å². The van der Waals surface area contributed by atoms with Crippen molar-refractivity contribution in [3.8, 4) is 11.5 Å². The van der Waals surface area contributed by atoms with Gasteiger partial charge >= 0.3 is 6.09 Å². The molecule has 0 N–H and O–H groups in total. The molecule has 0 atom stereocenters. The number of nitrogens with zero attached hydrogens (tertiary/aromatic N) is 1. The van der Waals surface area contributed by atoms with Gasteiger partial charge in [-0.2, -0.15) is 0 Å². The van der Waals surface area contributed by atoms with E-state index in [1.807, 2.05) is 27.7 Å². The molecule has 0 aromatic heterocycles. The highest BCUT2D eigenvalue weighted by molar-refractivity contribution is 6.87. The quantitative estimate of drug-likeness (QED) is 0.365. The number of amides is 1. The Kier molecular flexibility index (Phi) is 8.98. The van der Waals surface area contributed by atoms with Crippen LogP contribution in [-0.2, 0) is 4.74 Å². The predicted molar refractivity (Wildman–Crippen MR) is 102 cm³/mol. The molecule has 1 amide bonds. The summed E-state index contributed by atoms with van der Waals surface area (Å²) in [5, 5.41) is 0.312. The summed E-state index contributed by atoms with van der Waals surface area (Å²) in [6.45, 7) is 20.0. The molecule has 0 saturated heterocycles. The molecule has 0 aromatic rings. The summed E-state index contributed by atoms with van der Waals surface area (Å²) in [6.07, 6.45) is 2.55. The van der Waals surface area contributed by atoms with E-state index in [4.69, 9.17) is 4.74 Å². The molecule has 134 valence electrons. The summed E-state index contributed by atoms with van der Waals surface area (Å²) in [4.78, 5) is 13.8. The minimum absolute atomic E-state index is 0.165. The van der Waals surface area contributed by atoms with E-state index in [0.29, 0.717) is 11.6 Å². The maximum absolute atomic E-state index is 12.0. The fourth-order valence-corrected chi connectivity index (χ4v) is 2.98. The van der Waals surface area contributed by atoms with Crippen molar-refractivity contribution in [1.29, 1.82) is 0 Å². The van der Waals surface area contributed by atoms with Gasteiger partial charge in [0.05, 0.1) is 6.61 Å². The van der Waals surface area contributed by atoms with Crippen molar-refractivity contribution in [2.75, 3.05) is 6.61 Å². The second kappa shape index (κ2) is 9.37. The number of unbranched alkanes of at least 4 members (excludes halogenated alkanes) is 2. The van der Waals surface area contributed by atoms with E-state index >= 15 is 0 Å². The lowest BCUT2D eigenvalue weighted by Gasteiger charge is -2.31. The molecule has 0 aliphatic carbocycles. The maximum atomic E-state index is 12.0. The second-order valence-electron chi connectivity index (χ2n) is 8.34. The molecule has 0 heterocycles. The van der Waals surface area contributed by atoms with Gasteiger partial charge < -0.3 is 9.64 Å². The van der Waals surface area contributed by atoms with Crippen LogP contribution in [0.15, 0.2) is 0 Å². The fraction of sp³-hybridized carbons (Fsp3) is 0.842. The van der Waals surface area contributed by atoms with Crippen molar-refractivity contribution in [1.82, 2.24) is 4.90 Å². The zero-order chi connectivity index (χ0) is 18.3. The first kappa shape index (κ1) is 22.0. The zero-order valence-electron chi connectivity index (χ0n) is 16.7. The Morgan fingerprint density at radius 1 is 1.09 bits per heavy atom. The van der Waals surface area contributed by atoms with Crippen LogP contribution in [0.2, 0.25) is 18.1 Å². The van der Waals surface area contributed by atoms with E-state index in [1.165, 1.54) is 0 Å². The van der Waals surface area contributed by atoms with E-state index in [9.17, 15) is 4.79 Å². The normalized spacial score (nSPS) is 12.1. The van der Waals surface area contributed by atoms with Crippen LogP contribution in [0.3, 0.4) is 0 Å². The summed E-state index contributed by atoms with van der Waals surface area (Å²) in [6, 6.07) is 0.330. The first-order valence-corrected chi connectivity index (χ1v) is 11.8. The Balaban J connectivity index is 4.11. The number of hydrogen-bond acceptors (Lipinski definition) is 2. The highest BCUT2D eigenvalue weighted by Crippen LogP contribution is 2.35. The Hall–Kier alpha value is -0.953. The standard InChI is InChI=1S/C19H37NO2Si/c1-16(2)20(17(3)4)18(21)22-14-12-10-11-13-15-23(8,9)19(5,6)7/h16-17H,10-12,14H2,1-9H3. The average molecular weight is 340 g/mol. The highest BCUT2D eigenvalue weighted by atomic mass is 28.3. The zero-order valence-corrected chi connectivity index (χ0v) is 17.7. The van der Waals surface area contributed by atoms with Gasteiger partial charge in [-0.15, -0.1) is 11.5 Å². The minimum atomic E-state index is -1.48. The highest BCUT2D eigenvalue weighted by Gasteiger charge is 2.33. The smallest absolute Gasteiger partial charge is 0.410 e. The fourth-order valence-electron chi connectivity index (χ4n) is 2.04. The molecule has 0 unspecified atom stereocenters. The lowest BCUT2D eigenvalue weighted by atomic mass is 10.2. The Labute approximate surface area is 145 Å². The van der Waals surface area contributed by atoms with E-state index < -0.39 is 8.07 Å². The molecular weight excluding hydrogens is 302 g/mol. The molecule has 0 aromatic carbocycles. The summed E-state index contributed by atoms with van der Waals surface area (Å²) in [5.41, 5.74) is 3.52. The molecule has 0 radical (unpaired) electrons. The van der Waals surface area contributed by atoms with E-state index in [-0.39, 0.29) is 18.2 Å². The number of carbonyl (C=O) groups is 1. The summed E-state index contributed by atoms with van der Waals surface area (Å²) in [7, 11) is -1.48. The first-order chi connectivity index (χ1) is 10.4. The summed E-state index contributed by atoms with van der Waals surface area (Å²) >= 11 is 0. The summed E-state index contributed by atoms with van der Waals surface area (Å²) < 4.78 is 5.38. The molecule has 0 saturated carbocycles. The molecular formula is C19H37NO2Si. The molecule has 0 bridgehead atoms. The number of hydrogen-bond donors (Lipinski definition) is 0. The lowest BCUT2D eigenvalue weighted by Crippen LogP contribution is -2.42. The molecule has 0 aliphatic heterocycles. The Morgan fingerprint density at radius 3 is 2.04 bits per heavy atom. The van der Waals surface area contributed by atoms with E-state index in [0.717, 1.165) is 19.3 Å². The van der Waals surface area contributed by atoms with Crippen molar-refractivity contribution >= 4 is 14.2 Å². The van der Waals surface area contributed by atoms with Crippen LogP contribution in [0.25, 0.3) is 0 Å². The second-order valence-corrected chi connectivity index (χ2v) is 13.3. The predicted octanol–water partition coefficient (Wildman–Crippen LogP) is 5.46. The van der Waals surface area contributed by atoms with Crippen molar-refractivity contribution in [3.63, 3.8) is 0 Å². The van der Waals surface area contributed by atoms with Crippen LogP contribution in [-0.4, -0.2) is 37.8 Å². The van der Waals surface area contributed by atoms with E-state index in [2.05, 4.69) is 45.3 Å². The van der Waals surface area contributed by atoms with E-state index in [1.54, 1.807) is 4.90 Å². The number of ether oxygens (including phenoxy) is 1. The van der Waals surface area contributed by atoms with Crippen LogP contribution in [0.5, 0.6) is 0 Å². The van der Waals surface area contributed by atoms with Gasteiger partial charge in [0.1, 0.15) is 8.07 Å². The molecule has 23 heavy (non-hydrogen) atoms. The van der Waals surface area contributed by atoms with Crippen molar-refractivity contribution < 1.29 is 9.53 Å². The molecule has 0 spiro atoms. The van der Waals surface area contributed by atoms with Crippen molar-refractivity contribution in [3.05, 3.63) is 0 Å². The van der Waals surface area contributed by atoms with Crippen LogP contribution >= 0.6 is 0 Å². The SMILES string of the molecule is CC(C)N(C(=O)OCCCCC#C[Si](C)(C)C(C)(C)C)C(C)C.